The highest BCUT2D eigenvalue weighted by molar-refractivity contribution is 7.00. The number of rotatable bonds is 4. The third-order valence-corrected chi connectivity index (χ3v) is 9.21. The number of hydrogen-bond acceptors (Lipinski definition) is 2. The monoisotopic (exact) mass is 572 g/mol. The van der Waals surface area contributed by atoms with Crippen LogP contribution in [0.2, 0.25) is 0 Å². The molecule has 2 aliphatic heterocycles. The predicted molar refractivity (Wildman–Crippen MR) is 191 cm³/mol. The molecular formula is C42H29BN2. The van der Waals surface area contributed by atoms with Crippen LogP contribution in [0.5, 0.6) is 0 Å². The normalized spacial score (nSPS) is 12.8. The first-order chi connectivity index (χ1) is 22.3. The van der Waals surface area contributed by atoms with Gasteiger partial charge in [0, 0.05) is 34.1 Å². The molecule has 2 nitrogen and oxygen atoms in total. The Bertz CT molecular complexity index is 2120. The van der Waals surface area contributed by atoms with Gasteiger partial charge >= 0.3 is 0 Å². The average Bonchev–Trinajstić information content (AvgIpc) is 3.12. The minimum absolute atomic E-state index is 0.130. The quantitative estimate of drug-likeness (QED) is 0.194. The molecule has 0 atom stereocenters. The first-order valence-electron chi connectivity index (χ1n) is 15.6. The van der Waals surface area contributed by atoms with Crippen molar-refractivity contribution in [3.63, 3.8) is 0 Å². The summed E-state index contributed by atoms with van der Waals surface area (Å²) in [6.45, 7) is 0.130. The van der Waals surface area contributed by atoms with Gasteiger partial charge in [0.15, 0.2) is 0 Å². The maximum absolute atomic E-state index is 2.49. The summed E-state index contributed by atoms with van der Waals surface area (Å²) in [5, 5.41) is 0. The molecule has 7 aromatic carbocycles. The fourth-order valence-electron chi connectivity index (χ4n) is 7.30. The molecule has 3 heteroatoms. The highest BCUT2D eigenvalue weighted by atomic mass is 15.2. The molecule has 0 saturated heterocycles. The van der Waals surface area contributed by atoms with E-state index in [1.165, 1.54) is 67.1 Å². The smallest absolute Gasteiger partial charge is 0.252 e. The second kappa shape index (κ2) is 10.4. The highest BCUT2D eigenvalue weighted by Crippen LogP contribution is 2.45. The summed E-state index contributed by atoms with van der Waals surface area (Å²) in [5.41, 5.74) is 16.0. The first kappa shape index (κ1) is 25.7. The van der Waals surface area contributed by atoms with Gasteiger partial charge in [-0.2, -0.15) is 0 Å². The third kappa shape index (κ3) is 4.12. The Hall–Kier alpha value is -5.80. The molecule has 0 aromatic heterocycles. The fourth-order valence-corrected chi connectivity index (χ4v) is 7.30. The average molecular weight is 573 g/mol. The van der Waals surface area contributed by atoms with Crippen LogP contribution < -0.4 is 26.2 Å². The van der Waals surface area contributed by atoms with Gasteiger partial charge in [-0.3, -0.25) is 0 Å². The summed E-state index contributed by atoms with van der Waals surface area (Å²) in [6.07, 6.45) is 0. The van der Waals surface area contributed by atoms with Crippen LogP contribution >= 0.6 is 0 Å². The minimum Gasteiger partial charge on any atom is -0.311 e. The zero-order chi connectivity index (χ0) is 29.7. The van der Waals surface area contributed by atoms with Crippen molar-refractivity contribution in [3.05, 3.63) is 176 Å². The zero-order valence-electron chi connectivity index (χ0n) is 24.7. The van der Waals surface area contributed by atoms with E-state index in [0.29, 0.717) is 0 Å². The van der Waals surface area contributed by atoms with E-state index in [1.807, 2.05) is 0 Å². The van der Waals surface area contributed by atoms with Gasteiger partial charge in [-0.15, -0.1) is 0 Å². The Balaban J connectivity index is 1.33. The van der Waals surface area contributed by atoms with Crippen LogP contribution in [0.15, 0.2) is 176 Å². The lowest BCUT2D eigenvalue weighted by Crippen LogP contribution is -2.61. The molecule has 2 heterocycles. The largest absolute Gasteiger partial charge is 0.311 e. The molecule has 7 aromatic rings. The first-order valence-corrected chi connectivity index (χ1v) is 15.6. The number of nitrogens with zero attached hydrogens (tertiary/aromatic N) is 2. The highest BCUT2D eigenvalue weighted by Gasteiger charge is 2.42. The molecule has 0 unspecified atom stereocenters. The van der Waals surface area contributed by atoms with Crippen LogP contribution in [0, 0.1) is 0 Å². The third-order valence-electron chi connectivity index (χ3n) is 9.21. The molecule has 0 saturated carbocycles. The van der Waals surface area contributed by atoms with Crippen LogP contribution in [0.1, 0.15) is 0 Å². The van der Waals surface area contributed by atoms with Gasteiger partial charge in [-0.25, -0.2) is 0 Å². The summed E-state index contributed by atoms with van der Waals surface area (Å²) >= 11 is 0. The number of para-hydroxylation sites is 3. The zero-order valence-corrected chi connectivity index (χ0v) is 24.7. The van der Waals surface area contributed by atoms with E-state index in [0.717, 1.165) is 5.69 Å². The molecule has 0 bridgehead atoms. The topological polar surface area (TPSA) is 6.48 Å². The molecule has 0 N–H and O–H groups in total. The van der Waals surface area contributed by atoms with Crippen LogP contribution in [0.25, 0.3) is 22.3 Å². The summed E-state index contributed by atoms with van der Waals surface area (Å²) < 4.78 is 0. The number of fused-ring (bicyclic) bond motifs is 4. The Morgan fingerprint density at radius 3 is 1.27 bits per heavy atom. The molecular weight excluding hydrogens is 543 g/mol. The van der Waals surface area contributed by atoms with Crippen molar-refractivity contribution < 1.29 is 0 Å². The van der Waals surface area contributed by atoms with E-state index in [-0.39, 0.29) is 6.71 Å². The van der Waals surface area contributed by atoms with Crippen molar-refractivity contribution in [2.45, 2.75) is 0 Å². The molecule has 9 rings (SSSR count). The van der Waals surface area contributed by atoms with E-state index < -0.39 is 0 Å². The second-order valence-electron chi connectivity index (χ2n) is 11.8. The number of hydrogen-bond donors (Lipinski definition) is 0. The lowest BCUT2D eigenvalue weighted by atomic mass is 9.33. The maximum atomic E-state index is 2.49. The van der Waals surface area contributed by atoms with Gasteiger partial charge in [-0.1, -0.05) is 121 Å². The van der Waals surface area contributed by atoms with E-state index in [1.54, 1.807) is 0 Å². The van der Waals surface area contributed by atoms with Crippen molar-refractivity contribution in [1.82, 2.24) is 0 Å². The van der Waals surface area contributed by atoms with Crippen LogP contribution in [-0.4, -0.2) is 6.71 Å². The molecule has 0 aliphatic carbocycles. The molecule has 0 radical (unpaired) electrons. The van der Waals surface area contributed by atoms with Crippen LogP contribution in [0.4, 0.5) is 34.1 Å². The lowest BCUT2D eigenvalue weighted by Gasteiger charge is -2.44. The maximum Gasteiger partial charge on any atom is 0.252 e. The standard InChI is InChI=1S/C42H29BN2/c1-4-15-30(16-5-1)32-27-33(31-17-6-2-7-18-31)29-35(28-32)45-39-24-13-11-22-37(39)43-36-21-10-12-23-38(36)44(34-19-8-3-9-20-34)40-25-14-26-41(45)42(40)43/h1-29H. The molecule has 0 fully saturated rings. The fraction of sp³-hybridized carbons (Fsp3) is 0. The van der Waals surface area contributed by atoms with Gasteiger partial charge in [-0.05, 0) is 93.2 Å². The number of anilines is 6. The van der Waals surface area contributed by atoms with Crippen molar-refractivity contribution in [2.75, 3.05) is 9.80 Å². The van der Waals surface area contributed by atoms with E-state index >= 15 is 0 Å². The Morgan fingerprint density at radius 1 is 0.311 bits per heavy atom. The molecule has 0 amide bonds. The van der Waals surface area contributed by atoms with Gasteiger partial charge in [0.1, 0.15) is 0 Å². The lowest BCUT2D eigenvalue weighted by molar-refractivity contribution is 1.25. The molecule has 0 spiro atoms. The van der Waals surface area contributed by atoms with E-state index in [4.69, 9.17) is 0 Å². The summed E-state index contributed by atoms with van der Waals surface area (Å²) in [7, 11) is 0. The summed E-state index contributed by atoms with van der Waals surface area (Å²) in [6, 6.07) is 63.9. The minimum atomic E-state index is 0.130. The summed E-state index contributed by atoms with van der Waals surface area (Å²) in [4.78, 5) is 4.92. The van der Waals surface area contributed by atoms with Crippen molar-refractivity contribution in [2.24, 2.45) is 0 Å². The van der Waals surface area contributed by atoms with Crippen LogP contribution in [-0.2, 0) is 0 Å². The van der Waals surface area contributed by atoms with E-state index in [9.17, 15) is 0 Å². The predicted octanol–water partition coefficient (Wildman–Crippen LogP) is 9.10. The SMILES string of the molecule is c1ccc(-c2cc(-c3ccccc3)cc(N3c4ccccc4B4c5ccccc5N(c5ccccc5)c5cccc3c54)c2)cc1. The molecule has 2 aliphatic rings. The van der Waals surface area contributed by atoms with Gasteiger partial charge in [0.25, 0.3) is 6.71 Å². The summed E-state index contributed by atoms with van der Waals surface area (Å²) in [5.74, 6) is 0. The second-order valence-corrected chi connectivity index (χ2v) is 11.8. The van der Waals surface area contributed by atoms with Gasteiger partial charge in [0.2, 0.25) is 0 Å². The van der Waals surface area contributed by atoms with Crippen molar-refractivity contribution >= 4 is 57.2 Å². The molecule has 210 valence electrons. The van der Waals surface area contributed by atoms with Gasteiger partial charge < -0.3 is 9.80 Å². The van der Waals surface area contributed by atoms with E-state index in [2.05, 4.69) is 186 Å². The molecule has 45 heavy (non-hydrogen) atoms. The Morgan fingerprint density at radius 2 is 0.733 bits per heavy atom. The van der Waals surface area contributed by atoms with Crippen molar-refractivity contribution in [1.29, 1.82) is 0 Å². The number of benzene rings is 7. The van der Waals surface area contributed by atoms with Crippen molar-refractivity contribution in [3.8, 4) is 22.3 Å². The Kier molecular flexibility index (Phi) is 5.95. The van der Waals surface area contributed by atoms with Crippen LogP contribution in [0.3, 0.4) is 0 Å². The van der Waals surface area contributed by atoms with Gasteiger partial charge in [0.05, 0.1) is 0 Å². The Labute approximate surface area is 264 Å².